The second-order valence-corrected chi connectivity index (χ2v) is 3.31. The summed E-state index contributed by atoms with van der Waals surface area (Å²) in [7, 11) is 1.56. The summed E-state index contributed by atoms with van der Waals surface area (Å²) in [4.78, 5) is 0. The first-order chi connectivity index (χ1) is 6.22. The van der Waals surface area contributed by atoms with Crippen molar-refractivity contribution in [1.82, 2.24) is 0 Å². The van der Waals surface area contributed by atoms with Crippen molar-refractivity contribution in [2.24, 2.45) is 5.73 Å². The largest absolute Gasteiger partial charge is 0.496 e. The van der Waals surface area contributed by atoms with Gasteiger partial charge in [-0.3, -0.25) is 0 Å². The lowest BCUT2D eigenvalue weighted by Crippen LogP contribution is -2.00. The average Bonchev–Trinajstić information content (AvgIpc) is 2.17. The van der Waals surface area contributed by atoms with Crippen molar-refractivity contribution < 1.29 is 4.74 Å². The van der Waals surface area contributed by atoms with Crippen molar-refractivity contribution in [3.63, 3.8) is 0 Å². The van der Waals surface area contributed by atoms with E-state index in [-0.39, 0.29) is 0 Å². The minimum absolute atomic E-state index is 0.396. The van der Waals surface area contributed by atoms with E-state index in [1.54, 1.807) is 19.2 Å². The topological polar surface area (TPSA) is 59.0 Å². The molecule has 3 nitrogen and oxygen atoms in total. The summed E-state index contributed by atoms with van der Waals surface area (Å²) in [5.41, 5.74) is 6.94. The van der Waals surface area contributed by atoms with E-state index in [0.717, 1.165) is 10.0 Å². The molecule has 0 bridgehead atoms. The van der Waals surface area contributed by atoms with Gasteiger partial charge in [0.2, 0.25) is 0 Å². The SMILES string of the molecule is COc1cc(C#N)c(Br)cc1CN. The summed E-state index contributed by atoms with van der Waals surface area (Å²) in [6.07, 6.45) is 0. The minimum Gasteiger partial charge on any atom is -0.496 e. The molecule has 0 aromatic heterocycles. The number of halogens is 1. The van der Waals surface area contributed by atoms with Crippen LogP contribution in [0, 0.1) is 11.3 Å². The first-order valence-corrected chi connectivity index (χ1v) is 4.48. The van der Waals surface area contributed by atoms with Gasteiger partial charge in [0.15, 0.2) is 0 Å². The molecule has 0 aliphatic carbocycles. The van der Waals surface area contributed by atoms with Crippen molar-refractivity contribution >= 4 is 15.9 Å². The quantitative estimate of drug-likeness (QED) is 0.858. The van der Waals surface area contributed by atoms with Gasteiger partial charge in [0.25, 0.3) is 0 Å². The van der Waals surface area contributed by atoms with Crippen molar-refractivity contribution in [1.29, 1.82) is 5.26 Å². The zero-order chi connectivity index (χ0) is 9.84. The monoisotopic (exact) mass is 240 g/mol. The zero-order valence-electron chi connectivity index (χ0n) is 7.17. The molecule has 0 amide bonds. The Morgan fingerprint density at radius 1 is 1.62 bits per heavy atom. The van der Waals surface area contributed by atoms with Crippen molar-refractivity contribution in [3.8, 4) is 11.8 Å². The van der Waals surface area contributed by atoms with Gasteiger partial charge in [-0.2, -0.15) is 5.26 Å². The molecule has 1 aromatic rings. The van der Waals surface area contributed by atoms with Crippen LogP contribution in [0.3, 0.4) is 0 Å². The van der Waals surface area contributed by atoms with Gasteiger partial charge in [0.1, 0.15) is 11.8 Å². The predicted molar refractivity (Wildman–Crippen MR) is 53.3 cm³/mol. The first kappa shape index (κ1) is 10.0. The number of nitrogens with two attached hydrogens (primary N) is 1. The molecule has 2 N–H and O–H groups in total. The highest BCUT2D eigenvalue weighted by Gasteiger charge is 2.06. The van der Waals surface area contributed by atoms with Gasteiger partial charge in [-0.05, 0) is 28.1 Å². The molecule has 1 aromatic carbocycles. The van der Waals surface area contributed by atoms with Gasteiger partial charge in [-0.25, -0.2) is 0 Å². The molecule has 68 valence electrons. The molecule has 0 saturated heterocycles. The maximum absolute atomic E-state index is 8.74. The number of methoxy groups -OCH3 is 1. The molecular formula is C9H9BrN2O. The fraction of sp³-hybridized carbons (Fsp3) is 0.222. The fourth-order valence-electron chi connectivity index (χ4n) is 1.03. The van der Waals surface area contributed by atoms with Gasteiger partial charge in [-0.15, -0.1) is 0 Å². The van der Waals surface area contributed by atoms with E-state index in [1.165, 1.54) is 0 Å². The Morgan fingerprint density at radius 2 is 2.31 bits per heavy atom. The smallest absolute Gasteiger partial charge is 0.124 e. The van der Waals surface area contributed by atoms with Crippen LogP contribution in [0.1, 0.15) is 11.1 Å². The molecule has 0 radical (unpaired) electrons. The third kappa shape index (κ3) is 2.00. The molecule has 0 aliphatic heterocycles. The van der Waals surface area contributed by atoms with Crippen molar-refractivity contribution in [2.45, 2.75) is 6.54 Å². The third-order valence-corrected chi connectivity index (χ3v) is 2.37. The Labute approximate surface area is 85.2 Å². The van der Waals surface area contributed by atoms with Crippen LogP contribution >= 0.6 is 15.9 Å². The Kier molecular flexibility index (Phi) is 3.29. The number of hydrogen-bond acceptors (Lipinski definition) is 3. The number of hydrogen-bond donors (Lipinski definition) is 1. The van der Waals surface area contributed by atoms with E-state index >= 15 is 0 Å². The standard InChI is InChI=1S/C9H9BrN2O/c1-13-9-3-6(4-11)8(10)2-7(9)5-12/h2-3H,5,12H2,1H3. The molecule has 0 atom stereocenters. The highest BCUT2D eigenvalue weighted by atomic mass is 79.9. The highest BCUT2D eigenvalue weighted by molar-refractivity contribution is 9.10. The molecule has 1 rings (SSSR count). The number of nitriles is 1. The highest BCUT2D eigenvalue weighted by Crippen LogP contribution is 2.26. The zero-order valence-corrected chi connectivity index (χ0v) is 8.76. The van der Waals surface area contributed by atoms with Gasteiger partial charge in [0, 0.05) is 16.6 Å². The number of benzene rings is 1. The molecule has 0 fully saturated rings. The molecule has 0 unspecified atom stereocenters. The Bertz CT molecular complexity index is 357. The minimum atomic E-state index is 0.396. The van der Waals surface area contributed by atoms with E-state index in [4.69, 9.17) is 15.7 Å². The van der Waals surface area contributed by atoms with Crippen LogP contribution in [-0.4, -0.2) is 7.11 Å². The van der Waals surface area contributed by atoms with Crippen LogP contribution in [0.15, 0.2) is 16.6 Å². The Hall–Kier alpha value is -1.05. The predicted octanol–water partition coefficient (Wildman–Crippen LogP) is 1.79. The Balaban J connectivity index is 3.28. The van der Waals surface area contributed by atoms with E-state index in [2.05, 4.69) is 22.0 Å². The van der Waals surface area contributed by atoms with E-state index in [0.29, 0.717) is 17.9 Å². The van der Waals surface area contributed by atoms with Gasteiger partial charge in [0.05, 0.1) is 12.7 Å². The summed E-state index contributed by atoms with van der Waals surface area (Å²) in [5, 5.41) is 8.74. The maximum atomic E-state index is 8.74. The summed E-state index contributed by atoms with van der Waals surface area (Å²) >= 11 is 3.28. The lowest BCUT2D eigenvalue weighted by Gasteiger charge is -2.07. The van der Waals surface area contributed by atoms with Crippen LogP contribution in [0.4, 0.5) is 0 Å². The molecular weight excluding hydrogens is 232 g/mol. The lowest BCUT2D eigenvalue weighted by atomic mass is 10.1. The van der Waals surface area contributed by atoms with Crippen LogP contribution in [-0.2, 0) is 6.54 Å². The average molecular weight is 241 g/mol. The lowest BCUT2D eigenvalue weighted by molar-refractivity contribution is 0.409. The summed E-state index contributed by atoms with van der Waals surface area (Å²) in [6, 6.07) is 5.53. The molecule has 13 heavy (non-hydrogen) atoms. The van der Waals surface area contributed by atoms with Gasteiger partial charge < -0.3 is 10.5 Å². The summed E-state index contributed by atoms with van der Waals surface area (Å²) in [6.45, 7) is 0.396. The van der Waals surface area contributed by atoms with Crippen molar-refractivity contribution in [3.05, 3.63) is 27.7 Å². The normalized spacial score (nSPS) is 9.38. The summed E-state index contributed by atoms with van der Waals surface area (Å²) < 4.78 is 5.83. The molecule has 0 spiro atoms. The van der Waals surface area contributed by atoms with Crippen LogP contribution in [0.5, 0.6) is 5.75 Å². The van der Waals surface area contributed by atoms with Crippen LogP contribution in [0.2, 0.25) is 0 Å². The second kappa shape index (κ2) is 4.26. The van der Waals surface area contributed by atoms with E-state index in [9.17, 15) is 0 Å². The summed E-state index contributed by atoms with van der Waals surface area (Å²) in [5.74, 6) is 0.655. The van der Waals surface area contributed by atoms with E-state index < -0.39 is 0 Å². The molecule has 0 aliphatic rings. The number of rotatable bonds is 2. The van der Waals surface area contributed by atoms with Crippen molar-refractivity contribution in [2.75, 3.05) is 7.11 Å². The van der Waals surface area contributed by atoms with E-state index in [1.807, 2.05) is 0 Å². The first-order valence-electron chi connectivity index (χ1n) is 3.69. The Morgan fingerprint density at radius 3 is 2.77 bits per heavy atom. The second-order valence-electron chi connectivity index (χ2n) is 2.46. The maximum Gasteiger partial charge on any atom is 0.124 e. The number of ether oxygens (including phenoxy) is 1. The molecule has 4 heteroatoms. The van der Waals surface area contributed by atoms with Crippen LogP contribution < -0.4 is 10.5 Å². The fourth-order valence-corrected chi connectivity index (χ4v) is 1.51. The third-order valence-electron chi connectivity index (χ3n) is 1.71. The van der Waals surface area contributed by atoms with Gasteiger partial charge >= 0.3 is 0 Å². The molecule has 0 heterocycles. The van der Waals surface area contributed by atoms with Gasteiger partial charge in [-0.1, -0.05) is 0 Å². The number of nitrogens with zero attached hydrogens (tertiary/aromatic N) is 1. The van der Waals surface area contributed by atoms with Crippen LogP contribution in [0.25, 0.3) is 0 Å². The molecule has 0 saturated carbocycles.